The predicted octanol–water partition coefficient (Wildman–Crippen LogP) is 1.12. The van der Waals surface area contributed by atoms with E-state index >= 15 is 0 Å². The van der Waals surface area contributed by atoms with E-state index in [9.17, 15) is 0 Å². The van der Waals surface area contributed by atoms with Crippen molar-refractivity contribution in [3.05, 3.63) is 24.3 Å². The van der Waals surface area contributed by atoms with Gasteiger partial charge in [0.25, 0.3) is 0 Å². The van der Waals surface area contributed by atoms with E-state index in [4.69, 9.17) is 16.2 Å². The maximum atomic E-state index is 5.53. The molecule has 5 nitrogen and oxygen atoms in total. The number of nitrogens with zero attached hydrogens (tertiary/aromatic N) is 2. The Kier molecular flexibility index (Phi) is 3.33. The number of nitrogen functional groups attached to an aromatic ring is 1. The molecule has 0 saturated heterocycles. The highest BCUT2D eigenvalue weighted by atomic mass is 32.1. The third-order valence-electron chi connectivity index (χ3n) is 1.91. The summed E-state index contributed by atoms with van der Waals surface area (Å²) < 4.78 is 5.42. The van der Waals surface area contributed by atoms with Gasteiger partial charge in [0.15, 0.2) is 0 Å². The maximum absolute atomic E-state index is 5.53. The van der Waals surface area contributed by atoms with Gasteiger partial charge in [0.05, 0.1) is 0 Å². The van der Waals surface area contributed by atoms with Gasteiger partial charge in [-0.2, -0.15) is 0 Å². The number of benzene rings is 1. The summed E-state index contributed by atoms with van der Waals surface area (Å²) in [6, 6.07) is 7.62. The van der Waals surface area contributed by atoms with Crippen molar-refractivity contribution in [3.63, 3.8) is 0 Å². The molecule has 0 unspecified atom stereocenters. The normalized spacial score (nSPS) is 10.3. The summed E-state index contributed by atoms with van der Waals surface area (Å²) >= 11 is 1.35. The van der Waals surface area contributed by atoms with Gasteiger partial charge in [0.1, 0.15) is 17.4 Å². The van der Waals surface area contributed by atoms with Crippen LogP contribution in [0.1, 0.15) is 0 Å². The largest absolute Gasteiger partial charge is 0.492 e. The monoisotopic (exact) mass is 236 g/mol. The van der Waals surface area contributed by atoms with Gasteiger partial charge in [0, 0.05) is 12.1 Å². The zero-order valence-corrected chi connectivity index (χ0v) is 9.41. The van der Waals surface area contributed by atoms with Crippen LogP contribution in [-0.2, 0) is 0 Å². The SMILES string of the molecule is NCCOc1cccc(-c2nnc(N)s2)c1. The number of nitrogens with two attached hydrogens (primary N) is 2. The average molecular weight is 236 g/mol. The third kappa shape index (κ3) is 2.47. The molecule has 0 aliphatic carbocycles. The summed E-state index contributed by atoms with van der Waals surface area (Å²) in [7, 11) is 0. The molecule has 0 saturated carbocycles. The lowest BCUT2D eigenvalue weighted by molar-refractivity contribution is 0.328. The molecule has 1 aromatic carbocycles. The first-order valence-corrected chi connectivity index (χ1v) is 5.63. The van der Waals surface area contributed by atoms with Crippen molar-refractivity contribution in [2.45, 2.75) is 0 Å². The minimum Gasteiger partial charge on any atom is -0.492 e. The molecule has 0 aliphatic rings. The summed E-state index contributed by atoms with van der Waals surface area (Å²) in [6.45, 7) is 0.998. The van der Waals surface area contributed by atoms with E-state index in [0.29, 0.717) is 18.3 Å². The van der Waals surface area contributed by atoms with Gasteiger partial charge >= 0.3 is 0 Å². The van der Waals surface area contributed by atoms with Crippen molar-refractivity contribution in [2.24, 2.45) is 5.73 Å². The molecule has 4 N–H and O–H groups in total. The standard InChI is InChI=1S/C10H12N4OS/c11-4-5-15-8-3-1-2-7(6-8)9-13-14-10(12)16-9/h1-3,6H,4-5,11H2,(H2,12,14). The molecule has 2 aromatic rings. The van der Waals surface area contributed by atoms with Crippen LogP contribution in [0.25, 0.3) is 10.6 Å². The molecular weight excluding hydrogens is 224 g/mol. The number of hydrogen-bond acceptors (Lipinski definition) is 6. The lowest BCUT2D eigenvalue weighted by atomic mass is 10.2. The Balaban J connectivity index is 2.22. The Bertz CT molecular complexity index is 471. The number of aromatic nitrogens is 2. The topological polar surface area (TPSA) is 87.0 Å². The van der Waals surface area contributed by atoms with E-state index < -0.39 is 0 Å². The third-order valence-corrected chi connectivity index (χ3v) is 2.71. The van der Waals surface area contributed by atoms with Gasteiger partial charge in [-0.3, -0.25) is 0 Å². The number of ether oxygens (including phenoxy) is 1. The van der Waals surface area contributed by atoms with Gasteiger partial charge in [0.2, 0.25) is 5.13 Å². The Morgan fingerprint density at radius 3 is 2.88 bits per heavy atom. The van der Waals surface area contributed by atoms with Gasteiger partial charge in [-0.15, -0.1) is 10.2 Å². The van der Waals surface area contributed by atoms with Crippen LogP contribution < -0.4 is 16.2 Å². The summed E-state index contributed by atoms with van der Waals surface area (Å²) in [6.07, 6.45) is 0. The van der Waals surface area contributed by atoms with Crippen LogP contribution in [-0.4, -0.2) is 23.3 Å². The molecule has 6 heteroatoms. The summed E-state index contributed by atoms with van der Waals surface area (Å²) in [5, 5.41) is 8.99. The van der Waals surface area contributed by atoms with Crippen molar-refractivity contribution >= 4 is 16.5 Å². The average Bonchev–Trinajstić information content (AvgIpc) is 2.74. The van der Waals surface area contributed by atoms with Crippen molar-refractivity contribution in [3.8, 4) is 16.3 Å². The number of anilines is 1. The Morgan fingerprint density at radius 2 is 2.19 bits per heavy atom. The molecule has 0 amide bonds. The van der Waals surface area contributed by atoms with Gasteiger partial charge < -0.3 is 16.2 Å². The van der Waals surface area contributed by atoms with E-state index in [1.807, 2.05) is 24.3 Å². The van der Waals surface area contributed by atoms with Crippen LogP contribution in [0.4, 0.5) is 5.13 Å². The molecule has 2 rings (SSSR count). The van der Waals surface area contributed by atoms with E-state index in [0.717, 1.165) is 16.3 Å². The fourth-order valence-corrected chi connectivity index (χ4v) is 1.85. The van der Waals surface area contributed by atoms with Crippen LogP contribution in [0, 0.1) is 0 Å². The van der Waals surface area contributed by atoms with Gasteiger partial charge in [-0.1, -0.05) is 23.5 Å². The molecule has 1 heterocycles. The van der Waals surface area contributed by atoms with Gasteiger partial charge in [-0.25, -0.2) is 0 Å². The Labute approximate surface area is 97.1 Å². The molecular formula is C10H12N4OS. The molecule has 16 heavy (non-hydrogen) atoms. The fourth-order valence-electron chi connectivity index (χ4n) is 1.25. The zero-order valence-electron chi connectivity index (χ0n) is 8.59. The second kappa shape index (κ2) is 4.91. The Hall–Kier alpha value is -1.66. The first-order chi connectivity index (χ1) is 7.79. The summed E-state index contributed by atoms with van der Waals surface area (Å²) in [4.78, 5) is 0. The van der Waals surface area contributed by atoms with Crippen LogP contribution in [0.3, 0.4) is 0 Å². The second-order valence-corrected chi connectivity index (χ2v) is 4.12. The molecule has 84 valence electrons. The van der Waals surface area contributed by atoms with Crippen molar-refractivity contribution in [1.82, 2.24) is 10.2 Å². The quantitative estimate of drug-likeness (QED) is 0.830. The molecule has 1 aromatic heterocycles. The molecule has 0 spiro atoms. The van der Waals surface area contributed by atoms with Crippen molar-refractivity contribution in [1.29, 1.82) is 0 Å². The van der Waals surface area contributed by atoms with Crippen LogP contribution in [0.5, 0.6) is 5.75 Å². The van der Waals surface area contributed by atoms with E-state index in [1.54, 1.807) is 0 Å². The molecule has 0 fully saturated rings. The summed E-state index contributed by atoms with van der Waals surface area (Å²) in [5.74, 6) is 0.775. The molecule has 0 atom stereocenters. The van der Waals surface area contributed by atoms with Crippen LogP contribution in [0.2, 0.25) is 0 Å². The smallest absolute Gasteiger partial charge is 0.203 e. The maximum Gasteiger partial charge on any atom is 0.203 e. The zero-order chi connectivity index (χ0) is 11.4. The molecule has 0 radical (unpaired) electrons. The summed E-state index contributed by atoms with van der Waals surface area (Å²) in [5.41, 5.74) is 11.8. The highest BCUT2D eigenvalue weighted by Gasteiger charge is 2.05. The van der Waals surface area contributed by atoms with E-state index in [1.165, 1.54) is 11.3 Å². The van der Waals surface area contributed by atoms with Gasteiger partial charge in [-0.05, 0) is 12.1 Å². The molecule has 0 aliphatic heterocycles. The highest BCUT2D eigenvalue weighted by molar-refractivity contribution is 7.18. The van der Waals surface area contributed by atoms with E-state index in [-0.39, 0.29) is 0 Å². The Morgan fingerprint density at radius 1 is 1.31 bits per heavy atom. The van der Waals surface area contributed by atoms with Crippen molar-refractivity contribution < 1.29 is 4.74 Å². The van der Waals surface area contributed by atoms with Crippen molar-refractivity contribution in [2.75, 3.05) is 18.9 Å². The molecule has 0 bridgehead atoms. The lowest BCUT2D eigenvalue weighted by Crippen LogP contribution is -2.10. The first kappa shape index (κ1) is 10.8. The first-order valence-electron chi connectivity index (χ1n) is 4.82. The van der Waals surface area contributed by atoms with E-state index in [2.05, 4.69) is 10.2 Å². The number of hydrogen-bond donors (Lipinski definition) is 2. The predicted molar refractivity (Wildman–Crippen MR) is 64.3 cm³/mol. The lowest BCUT2D eigenvalue weighted by Gasteiger charge is -2.04. The highest BCUT2D eigenvalue weighted by Crippen LogP contribution is 2.27. The number of rotatable bonds is 4. The minimum atomic E-state index is 0.461. The van der Waals surface area contributed by atoms with Crippen LogP contribution >= 0.6 is 11.3 Å². The second-order valence-electron chi connectivity index (χ2n) is 3.11. The fraction of sp³-hybridized carbons (Fsp3) is 0.200. The minimum absolute atomic E-state index is 0.461. The van der Waals surface area contributed by atoms with Crippen LogP contribution in [0.15, 0.2) is 24.3 Å².